The van der Waals surface area contributed by atoms with E-state index < -0.39 is 0 Å². The minimum Gasteiger partial charge on any atom is -0.369 e. The van der Waals surface area contributed by atoms with Gasteiger partial charge in [0.2, 0.25) is 5.91 Å². The van der Waals surface area contributed by atoms with Gasteiger partial charge < -0.3 is 10.6 Å². The molecule has 1 amide bonds. The van der Waals surface area contributed by atoms with E-state index in [1.807, 2.05) is 18.2 Å². The van der Waals surface area contributed by atoms with Crippen molar-refractivity contribution in [2.45, 2.75) is 13.3 Å². The second kappa shape index (κ2) is 9.00. The summed E-state index contributed by atoms with van der Waals surface area (Å²) in [4.78, 5) is 23.3. The zero-order valence-electron chi connectivity index (χ0n) is 16.1. The van der Waals surface area contributed by atoms with Crippen LogP contribution in [-0.4, -0.2) is 22.4 Å². The Hall–Kier alpha value is -2.67. The van der Waals surface area contributed by atoms with E-state index in [1.165, 1.54) is 4.88 Å². The normalized spacial score (nSPS) is 10.9. The van der Waals surface area contributed by atoms with E-state index in [-0.39, 0.29) is 12.3 Å². The lowest BCUT2D eigenvalue weighted by molar-refractivity contribution is -0.115. The van der Waals surface area contributed by atoms with E-state index in [9.17, 15) is 4.79 Å². The SMILES string of the molecule is Cc1sc2ncnc(NCCC(=O)Nc3c(Cl)cccc3Cl)c2c1-c1ccccc1. The van der Waals surface area contributed by atoms with Crippen LogP contribution in [0.3, 0.4) is 0 Å². The second-order valence-corrected chi connectivity index (χ2v) is 8.64. The van der Waals surface area contributed by atoms with Crippen molar-refractivity contribution < 1.29 is 4.79 Å². The molecule has 0 atom stereocenters. The molecular formula is C22H18Cl2N4OS. The van der Waals surface area contributed by atoms with Gasteiger partial charge in [0, 0.05) is 23.4 Å². The number of hydrogen-bond acceptors (Lipinski definition) is 5. The maximum atomic E-state index is 12.4. The minimum absolute atomic E-state index is 0.187. The molecule has 0 aliphatic heterocycles. The molecule has 4 rings (SSSR count). The summed E-state index contributed by atoms with van der Waals surface area (Å²) in [5, 5.41) is 7.84. The van der Waals surface area contributed by atoms with Gasteiger partial charge in [0.15, 0.2) is 0 Å². The first-order valence-electron chi connectivity index (χ1n) is 9.32. The maximum Gasteiger partial charge on any atom is 0.226 e. The largest absolute Gasteiger partial charge is 0.369 e. The van der Waals surface area contributed by atoms with Crippen LogP contribution >= 0.6 is 34.5 Å². The molecule has 0 unspecified atom stereocenters. The molecule has 2 aromatic carbocycles. The zero-order chi connectivity index (χ0) is 21.1. The van der Waals surface area contributed by atoms with E-state index in [1.54, 1.807) is 35.9 Å². The molecule has 0 aliphatic carbocycles. The van der Waals surface area contributed by atoms with E-state index in [2.05, 4.69) is 39.7 Å². The quantitative estimate of drug-likeness (QED) is 0.351. The van der Waals surface area contributed by atoms with Crippen molar-refractivity contribution in [2.24, 2.45) is 0 Å². The number of rotatable bonds is 6. The molecule has 0 aliphatic rings. The molecule has 0 saturated heterocycles. The van der Waals surface area contributed by atoms with Crippen molar-refractivity contribution >= 4 is 62.2 Å². The van der Waals surface area contributed by atoms with E-state index in [4.69, 9.17) is 23.2 Å². The van der Waals surface area contributed by atoms with Crippen LogP contribution in [0.25, 0.3) is 21.3 Å². The highest BCUT2D eigenvalue weighted by atomic mass is 35.5. The standard InChI is InChI=1S/C22H18Cl2N4OS/c1-13-18(14-6-3-2-4-7-14)19-21(26-12-27-22(19)30-13)25-11-10-17(29)28-20-15(23)8-5-9-16(20)24/h2-9,12H,10-11H2,1H3,(H,28,29)(H,25,26,27). The Balaban J connectivity index is 1.52. The Labute approximate surface area is 188 Å². The van der Waals surface area contributed by atoms with Crippen LogP contribution in [0.1, 0.15) is 11.3 Å². The van der Waals surface area contributed by atoms with E-state index in [0.717, 1.165) is 21.3 Å². The highest BCUT2D eigenvalue weighted by molar-refractivity contribution is 7.19. The van der Waals surface area contributed by atoms with Crippen molar-refractivity contribution in [1.29, 1.82) is 0 Å². The number of fused-ring (bicyclic) bond motifs is 1. The number of nitrogens with zero attached hydrogens (tertiary/aromatic N) is 2. The van der Waals surface area contributed by atoms with Gasteiger partial charge in [-0.05, 0) is 24.6 Å². The molecule has 0 radical (unpaired) electrons. The molecule has 0 saturated carbocycles. The van der Waals surface area contributed by atoms with Gasteiger partial charge in [-0.3, -0.25) is 4.79 Å². The molecule has 8 heteroatoms. The third-order valence-electron chi connectivity index (χ3n) is 4.60. The van der Waals surface area contributed by atoms with Crippen molar-refractivity contribution in [2.75, 3.05) is 17.2 Å². The summed E-state index contributed by atoms with van der Waals surface area (Å²) >= 11 is 13.9. The lowest BCUT2D eigenvalue weighted by Gasteiger charge is -2.11. The first-order valence-corrected chi connectivity index (χ1v) is 10.9. The van der Waals surface area contributed by atoms with Crippen LogP contribution in [0.4, 0.5) is 11.5 Å². The second-order valence-electron chi connectivity index (χ2n) is 6.62. The fraction of sp³-hybridized carbons (Fsp3) is 0.136. The number of para-hydroxylation sites is 1. The molecule has 5 nitrogen and oxygen atoms in total. The highest BCUT2D eigenvalue weighted by Crippen LogP contribution is 2.40. The highest BCUT2D eigenvalue weighted by Gasteiger charge is 2.17. The van der Waals surface area contributed by atoms with Gasteiger partial charge in [0.25, 0.3) is 0 Å². The number of aryl methyl sites for hydroxylation is 1. The summed E-state index contributed by atoms with van der Waals surface area (Å²) in [6.07, 6.45) is 1.77. The Bertz CT molecular complexity index is 1190. The predicted molar refractivity (Wildman–Crippen MR) is 126 cm³/mol. The van der Waals surface area contributed by atoms with Crippen LogP contribution in [0.5, 0.6) is 0 Å². The van der Waals surface area contributed by atoms with Crippen molar-refractivity contribution in [3.63, 3.8) is 0 Å². The Morgan fingerprint density at radius 2 is 1.77 bits per heavy atom. The number of amides is 1. The minimum atomic E-state index is -0.187. The zero-order valence-corrected chi connectivity index (χ0v) is 18.4. The smallest absolute Gasteiger partial charge is 0.226 e. The molecule has 0 spiro atoms. The fourth-order valence-corrected chi connectivity index (χ4v) is 4.75. The number of halogens is 2. The summed E-state index contributed by atoms with van der Waals surface area (Å²) < 4.78 is 0. The van der Waals surface area contributed by atoms with Gasteiger partial charge >= 0.3 is 0 Å². The van der Waals surface area contributed by atoms with Crippen molar-refractivity contribution in [3.05, 3.63) is 69.8 Å². The molecule has 2 aromatic heterocycles. The fourth-order valence-electron chi connectivity index (χ4n) is 3.24. The number of aromatic nitrogens is 2. The maximum absolute atomic E-state index is 12.4. The van der Waals surface area contributed by atoms with Gasteiger partial charge in [-0.15, -0.1) is 11.3 Å². The van der Waals surface area contributed by atoms with Gasteiger partial charge in [0.1, 0.15) is 17.0 Å². The third-order valence-corrected chi connectivity index (χ3v) is 6.24. The molecule has 0 fully saturated rings. The molecule has 2 heterocycles. The number of thiophene rings is 1. The number of carbonyl (C=O) groups excluding carboxylic acids is 1. The lowest BCUT2D eigenvalue weighted by Crippen LogP contribution is -2.17. The predicted octanol–water partition coefficient (Wildman–Crippen LogP) is 6.41. The summed E-state index contributed by atoms with van der Waals surface area (Å²) in [7, 11) is 0. The number of anilines is 2. The van der Waals surface area contributed by atoms with Crippen molar-refractivity contribution in [3.8, 4) is 11.1 Å². The van der Waals surface area contributed by atoms with Crippen LogP contribution in [-0.2, 0) is 4.79 Å². The van der Waals surface area contributed by atoms with Gasteiger partial charge in [-0.25, -0.2) is 9.97 Å². The number of benzene rings is 2. The lowest BCUT2D eigenvalue weighted by atomic mass is 10.0. The van der Waals surface area contributed by atoms with Crippen molar-refractivity contribution in [1.82, 2.24) is 9.97 Å². The third kappa shape index (κ3) is 4.26. The summed E-state index contributed by atoms with van der Waals surface area (Å²) in [6.45, 7) is 2.49. The van der Waals surface area contributed by atoms with E-state index in [0.29, 0.717) is 28.1 Å². The molecular weight excluding hydrogens is 439 g/mol. The first-order chi connectivity index (χ1) is 14.5. The number of hydrogen-bond donors (Lipinski definition) is 2. The van der Waals surface area contributed by atoms with Gasteiger partial charge in [-0.2, -0.15) is 0 Å². The molecule has 4 aromatic rings. The van der Waals surface area contributed by atoms with Gasteiger partial charge in [0.05, 0.1) is 21.1 Å². The first kappa shape index (κ1) is 20.6. The monoisotopic (exact) mass is 456 g/mol. The average molecular weight is 457 g/mol. The topological polar surface area (TPSA) is 66.9 Å². The van der Waals surface area contributed by atoms with Crippen LogP contribution in [0, 0.1) is 6.92 Å². The molecule has 2 N–H and O–H groups in total. The Morgan fingerprint density at radius 3 is 2.50 bits per heavy atom. The summed E-state index contributed by atoms with van der Waals surface area (Å²) in [5.41, 5.74) is 2.66. The summed E-state index contributed by atoms with van der Waals surface area (Å²) in [6, 6.07) is 15.3. The summed E-state index contributed by atoms with van der Waals surface area (Å²) in [5.74, 6) is 0.527. The number of nitrogens with one attached hydrogen (secondary N) is 2. The van der Waals surface area contributed by atoms with Gasteiger partial charge in [-0.1, -0.05) is 59.6 Å². The Kier molecular flexibility index (Phi) is 6.18. The van der Waals surface area contributed by atoms with Crippen LogP contribution in [0.15, 0.2) is 54.9 Å². The van der Waals surface area contributed by atoms with Crippen LogP contribution in [0.2, 0.25) is 10.0 Å². The number of carbonyl (C=O) groups is 1. The molecule has 0 bridgehead atoms. The molecule has 30 heavy (non-hydrogen) atoms. The Morgan fingerprint density at radius 1 is 1.03 bits per heavy atom. The average Bonchev–Trinajstić information content (AvgIpc) is 3.08. The van der Waals surface area contributed by atoms with E-state index >= 15 is 0 Å². The molecule has 152 valence electrons. The van der Waals surface area contributed by atoms with Crippen LogP contribution < -0.4 is 10.6 Å².